The minimum Gasteiger partial charge on any atom is -0.394 e. The van der Waals surface area contributed by atoms with Crippen molar-refractivity contribution in [2.75, 3.05) is 106 Å². The molecule has 0 unspecified atom stereocenters. The Bertz CT molecular complexity index is 568. The van der Waals surface area contributed by atoms with E-state index < -0.39 is 8.80 Å². The predicted molar refractivity (Wildman–Crippen MR) is 188 cm³/mol. The number of ether oxygens (including phenoxy) is 3. The van der Waals surface area contributed by atoms with Gasteiger partial charge in [0.25, 0.3) is 0 Å². The van der Waals surface area contributed by atoms with Crippen molar-refractivity contribution in [1.82, 2.24) is 0 Å². The van der Waals surface area contributed by atoms with Crippen LogP contribution in [0.4, 0.5) is 0 Å². The molecule has 0 bridgehead atoms. The lowest BCUT2D eigenvalue weighted by molar-refractivity contribution is -0.890. The normalized spacial score (nSPS) is 12.4. The maximum atomic E-state index is 9.01. The van der Waals surface area contributed by atoms with Gasteiger partial charge >= 0.3 is 8.80 Å². The molecule has 0 spiro atoms. The first-order valence-corrected chi connectivity index (χ1v) is 20.7. The Morgan fingerprint density at radius 1 is 0.413 bits per heavy atom. The minimum absolute atomic E-state index is 0.0354. The molecule has 0 fully saturated rings. The van der Waals surface area contributed by atoms with Gasteiger partial charge in [-0.3, -0.25) is 0 Å². The van der Waals surface area contributed by atoms with E-state index in [1.165, 1.54) is 103 Å². The molecule has 0 aliphatic rings. The highest BCUT2D eigenvalue weighted by atomic mass is 28.4. The summed E-state index contributed by atoms with van der Waals surface area (Å²) >= 11 is 0. The summed E-state index contributed by atoms with van der Waals surface area (Å²) in [6.07, 6.45) is 23.0. The lowest BCUT2D eigenvalue weighted by Crippen LogP contribution is -2.49. The molecular weight excluding hydrogens is 606 g/mol. The number of nitrogens with zero attached hydrogens (tertiary/aromatic N) is 1. The number of quaternary nitrogens is 1. The second-order valence-corrected chi connectivity index (χ2v) is 15.8. The van der Waals surface area contributed by atoms with Crippen molar-refractivity contribution >= 4 is 8.80 Å². The van der Waals surface area contributed by atoms with E-state index in [0.717, 1.165) is 24.0 Å². The van der Waals surface area contributed by atoms with Gasteiger partial charge in [0.2, 0.25) is 0 Å². The van der Waals surface area contributed by atoms with Crippen LogP contribution in [0.1, 0.15) is 116 Å². The third kappa shape index (κ3) is 31.1. The van der Waals surface area contributed by atoms with Crippen molar-refractivity contribution in [3.8, 4) is 0 Å². The molecule has 0 aliphatic heterocycles. The van der Waals surface area contributed by atoms with E-state index in [1.54, 1.807) is 0 Å². The van der Waals surface area contributed by atoms with Gasteiger partial charge in [-0.25, -0.2) is 0 Å². The zero-order valence-corrected chi connectivity index (χ0v) is 31.4. The van der Waals surface area contributed by atoms with Crippen molar-refractivity contribution in [1.29, 1.82) is 0 Å². The van der Waals surface area contributed by atoms with Crippen molar-refractivity contribution in [2.45, 2.75) is 122 Å². The van der Waals surface area contributed by atoms with Crippen LogP contribution in [0, 0.1) is 0 Å². The number of hydrogen-bond donors (Lipinski definition) is 3. The Morgan fingerprint density at radius 2 is 0.739 bits per heavy atom. The van der Waals surface area contributed by atoms with E-state index in [0.29, 0.717) is 45.7 Å². The molecule has 0 aliphatic carbocycles. The average molecular weight is 683 g/mol. The molecule has 11 heteroatoms. The quantitative estimate of drug-likeness (QED) is 0.0425. The summed E-state index contributed by atoms with van der Waals surface area (Å²) in [6.45, 7) is 7.02. The molecule has 10 nitrogen and oxygen atoms in total. The van der Waals surface area contributed by atoms with E-state index in [9.17, 15) is 0 Å². The molecular formula is C35H76NO9Si+. The first-order chi connectivity index (χ1) is 22.4. The molecule has 0 aromatic rings. The van der Waals surface area contributed by atoms with Gasteiger partial charge in [-0.1, -0.05) is 96.8 Å². The molecule has 0 aromatic carbocycles. The van der Waals surface area contributed by atoms with E-state index in [4.69, 9.17) is 42.8 Å². The first-order valence-electron chi connectivity index (χ1n) is 18.7. The lowest BCUT2D eigenvalue weighted by atomic mass is 10.0. The summed E-state index contributed by atoms with van der Waals surface area (Å²) in [6, 6.07) is 0.660. The van der Waals surface area contributed by atoms with Crippen LogP contribution in [0.15, 0.2) is 0 Å². The Balaban J connectivity index is 4.42. The number of aliphatic hydroxyl groups excluding tert-OH is 3. The molecule has 0 radical (unpaired) electrons. The number of unbranched alkanes of at least 4 members (excludes halogenated alkanes) is 15. The van der Waals surface area contributed by atoms with Crippen LogP contribution in [0.25, 0.3) is 0 Å². The zero-order valence-electron chi connectivity index (χ0n) is 30.4. The molecule has 0 atom stereocenters. The van der Waals surface area contributed by atoms with E-state index in [2.05, 4.69) is 21.0 Å². The Labute approximate surface area is 284 Å². The van der Waals surface area contributed by atoms with Crippen LogP contribution in [0.5, 0.6) is 0 Å². The van der Waals surface area contributed by atoms with Gasteiger partial charge in [0.15, 0.2) is 0 Å². The smallest absolute Gasteiger partial charge is 0.394 e. The summed E-state index contributed by atoms with van der Waals surface area (Å²) in [5.41, 5.74) is 0. The largest absolute Gasteiger partial charge is 0.501 e. The van der Waals surface area contributed by atoms with Crippen molar-refractivity contribution in [3.05, 3.63) is 0 Å². The summed E-state index contributed by atoms with van der Waals surface area (Å²) in [5, 5.41) is 27.0. The zero-order chi connectivity index (χ0) is 33.9. The van der Waals surface area contributed by atoms with Gasteiger partial charge in [0, 0.05) is 12.5 Å². The maximum absolute atomic E-state index is 9.01. The van der Waals surface area contributed by atoms with Crippen LogP contribution < -0.4 is 0 Å². The van der Waals surface area contributed by atoms with Crippen molar-refractivity contribution in [3.63, 3.8) is 0 Å². The molecule has 0 aromatic heterocycles. The summed E-state index contributed by atoms with van der Waals surface area (Å²) < 4.78 is 36.0. The Hall–Kier alpha value is -0.183. The SMILES string of the molecule is CCCCCCCCCCCCCCCCCC[N+](C)(C)CCC[Si](OCCOCCO)(OCCOCCO)OCCOCCO. The molecule has 46 heavy (non-hydrogen) atoms. The standard InChI is InChI=1S/C35H76NO9Si/c1-4-5-6-7-8-9-10-11-12-13-14-15-16-17-18-19-21-36(2,3)22-20-35-46(43-32-29-40-26-23-37,44-33-30-41-27-24-38)45-34-31-42-28-25-39/h37-39H,4-35H2,1-3H3/q+1. The van der Waals surface area contributed by atoms with Gasteiger partial charge in [0.05, 0.1) is 106 Å². The minimum atomic E-state index is -3.09. The van der Waals surface area contributed by atoms with Crippen LogP contribution in [0.2, 0.25) is 6.04 Å². The fourth-order valence-corrected chi connectivity index (χ4v) is 7.99. The lowest BCUT2D eigenvalue weighted by Gasteiger charge is -2.33. The number of hydrogen-bond acceptors (Lipinski definition) is 9. The van der Waals surface area contributed by atoms with Crippen molar-refractivity contribution < 1.29 is 47.3 Å². The van der Waals surface area contributed by atoms with E-state index in [-0.39, 0.29) is 39.6 Å². The van der Waals surface area contributed by atoms with Crippen molar-refractivity contribution in [2.24, 2.45) is 0 Å². The average Bonchev–Trinajstić information content (AvgIpc) is 3.04. The summed E-state index contributed by atoms with van der Waals surface area (Å²) in [7, 11) is 1.50. The van der Waals surface area contributed by atoms with Gasteiger partial charge in [-0.15, -0.1) is 0 Å². The summed E-state index contributed by atoms with van der Waals surface area (Å²) in [5.74, 6) is 0. The topological polar surface area (TPSA) is 116 Å². The Kier molecular flexibility index (Phi) is 34.5. The third-order valence-electron chi connectivity index (χ3n) is 8.22. The van der Waals surface area contributed by atoms with E-state index >= 15 is 0 Å². The molecule has 0 saturated carbocycles. The van der Waals surface area contributed by atoms with Gasteiger partial charge in [-0.05, 0) is 12.8 Å². The summed E-state index contributed by atoms with van der Waals surface area (Å²) in [4.78, 5) is 0. The molecule has 0 heterocycles. The first kappa shape index (κ1) is 45.8. The molecule has 0 amide bonds. The number of rotatable bonds is 39. The third-order valence-corrected chi connectivity index (χ3v) is 11.1. The fraction of sp³-hybridized carbons (Fsp3) is 1.00. The Morgan fingerprint density at radius 3 is 1.09 bits per heavy atom. The molecule has 3 N–H and O–H groups in total. The van der Waals surface area contributed by atoms with Gasteiger partial charge in [-0.2, -0.15) is 0 Å². The second-order valence-electron chi connectivity index (χ2n) is 13.0. The van der Waals surface area contributed by atoms with Crippen LogP contribution >= 0.6 is 0 Å². The molecule has 0 rings (SSSR count). The fourth-order valence-electron chi connectivity index (χ4n) is 5.53. The maximum Gasteiger partial charge on any atom is 0.501 e. The molecule has 0 saturated heterocycles. The van der Waals surface area contributed by atoms with Gasteiger partial charge < -0.3 is 47.3 Å². The van der Waals surface area contributed by atoms with E-state index in [1.807, 2.05) is 0 Å². The van der Waals surface area contributed by atoms with Crippen LogP contribution in [-0.4, -0.2) is 135 Å². The van der Waals surface area contributed by atoms with Gasteiger partial charge in [0.1, 0.15) is 0 Å². The van der Waals surface area contributed by atoms with Crippen LogP contribution in [0.3, 0.4) is 0 Å². The number of aliphatic hydroxyl groups is 3. The highest BCUT2D eigenvalue weighted by Crippen LogP contribution is 2.21. The predicted octanol–water partition coefficient (Wildman–Crippen LogP) is 5.73. The highest BCUT2D eigenvalue weighted by molar-refractivity contribution is 6.60. The second kappa shape index (κ2) is 34.7. The monoisotopic (exact) mass is 683 g/mol. The highest BCUT2D eigenvalue weighted by Gasteiger charge is 2.41. The van der Waals surface area contributed by atoms with Crippen LogP contribution in [-0.2, 0) is 27.5 Å². The molecule has 278 valence electrons.